The molecule has 1 nitrogen and oxygen atoms in total. The summed E-state index contributed by atoms with van der Waals surface area (Å²) in [5.74, 6) is 0. The van der Waals surface area contributed by atoms with E-state index in [1.54, 1.807) is 0 Å². The third-order valence-corrected chi connectivity index (χ3v) is 6.86. The van der Waals surface area contributed by atoms with E-state index in [9.17, 15) is 0 Å². The zero-order valence-corrected chi connectivity index (χ0v) is 11.6. The van der Waals surface area contributed by atoms with E-state index in [1.165, 1.54) is 43.0 Å². The Morgan fingerprint density at radius 1 is 1.29 bits per heavy atom. The first-order valence-corrected chi connectivity index (χ1v) is 9.65. The second-order valence-corrected chi connectivity index (χ2v) is 11.0. The molecule has 82 valence electrons. The van der Waals surface area contributed by atoms with E-state index in [2.05, 4.69) is 24.9 Å². The van der Waals surface area contributed by atoms with Gasteiger partial charge in [0.15, 0.2) is 0 Å². The lowest BCUT2D eigenvalue weighted by molar-refractivity contribution is 0.473. The molecule has 1 aliphatic heterocycles. The Hall–Kier alpha value is 0.107. The average Bonchev–Trinajstić information content (AvgIpc) is 2.32. The molecule has 14 heavy (non-hydrogen) atoms. The van der Waals surface area contributed by atoms with Crippen molar-refractivity contribution in [1.82, 2.24) is 4.90 Å². The van der Waals surface area contributed by atoms with E-state index >= 15 is 0 Å². The Bertz CT molecular complexity index is 203. The molecule has 1 fully saturated rings. The first-order chi connectivity index (χ1) is 6.55. The van der Waals surface area contributed by atoms with Crippen LogP contribution in [0.3, 0.4) is 0 Å². The number of rotatable bonds is 3. The molecular weight excluding hydrogens is 206 g/mol. The van der Waals surface area contributed by atoms with E-state index in [0.717, 1.165) is 6.42 Å². The maximum atomic E-state index is 5.48. The largest absolute Gasteiger partial charge is 0.369 e. The molecule has 0 N–H and O–H groups in total. The van der Waals surface area contributed by atoms with Gasteiger partial charge in [-0.25, -0.2) is 0 Å². The summed E-state index contributed by atoms with van der Waals surface area (Å²) >= 11 is 5.48. The highest BCUT2D eigenvalue weighted by Gasteiger charge is 2.24. The average molecular weight is 229 g/mol. The van der Waals surface area contributed by atoms with Gasteiger partial charge in [0.2, 0.25) is 0 Å². The van der Waals surface area contributed by atoms with Gasteiger partial charge in [-0.2, -0.15) is 0 Å². The predicted octanol–water partition coefficient (Wildman–Crippen LogP) is 3.46. The van der Waals surface area contributed by atoms with Crippen LogP contribution in [0.2, 0.25) is 19.1 Å². The van der Waals surface area contributed by atoms with Crippen LogP contribution in [0.15, 0.2) is 0 Å². The van der Waals surface area contributed by atoms with Crippen LogP contribution in [0, 0.1) is 0 Å². The molecule has 0 aromatic rings. The van der Waals surface area contributed by atoms with E-state index in [-0.39, 0.29) is 0 Å². The molecule has 1 saturated heterocycles. The molecule has 0 saturated carbocycles. The third kappa shape index (κ3) is 3.69. The van der Waals surface area contributed by atoms with Crippen LogP contribution in [0.5, 0.6) is 0 Å². The second-order valence-electron chi connectivity index (χ2n) is 5.14. The van der Waals surface area contributed by atoms with Gasteiger partial charge in [-0.1, -0.05) is 44.7 Å². The lowest BCUT2D eigenvalue weighted by atomic mass is 10.2. The predicted molar refractivity (Wildman–Crippen MR) is 70.6 cm³/mol. The summed E-state index contributed by atoms with van der Waals surface area (Å²) in [7, 11) is -0.990. The van der Waals surface area contributed by atoms with Gasteiger partial charge < -0.3 is 4.90 Å². The minimum Gasteiger partial charge on any atom is -0.369 e. The van der Waals surface area contributed by atoms with Crippen molar-refractivity contribution in [2.75, 3.05) is 12.7 Å². The molecule has 0 aliphatic carbocycles. The maximum absolute atomic E-state index is 5.48. The molecule has 0 atom stereocenters. The monoisotopic (exact) mass is 229 g/mol. The standard InChI is InChI=1S/C11H23NSSi/c1-4-14(2,3)10-12-9-7-5-6-8-11(12)13/h4-10H2,1-3H3. The second kappa shape index (κ2) is 5.26. The SMILES string of the molecule is CC[Si](C)(C)CN1CCCCCC1=S. The number of hydrogen-bond acceptors (Lipinski definition) is 1. The summed E-state index contributed by atoms with van der Waals surface area (Å²) < 4.78 is 0. The van der Waals surface area contributed by atoms with Gasteiger partial charge in [-0.15, -0.1) is 0 Å². The van der Waals surface area contributed by atoms with Crippen molar-refractivity contribution < 1.29 is 0 Å². The Morgan fingerprint density at radius 2 is 2.00 bits per heavy atom. The first-order valence-electron chi connectivity index (χ1n) is 5.83. The zero-order valence-electron chi connectivity index (χ0n) is 9.81. The molecule has 1 heterocycles. The van der Waals surface area contributed by atoms with Gasteiger partial charge in [-0.05, 0) is 19.3 Å². The minimum atomic E-state index is -0.990. The van der Waals surface area contributed by atoms with Gasteiger partial charge in [0.1, 0.15) is 0 Å². The van der Waals surface area contributed by atoms with Crippen molar-refractivity contribution in [2.45, 2.75) is 51.7 Å². The lowest BCUT2D eigenvalue weighted by Crippen LogP contribution is -2.44. The smallest absolute Gasteiger partial charge is 0.0776 e. The number of nitrogens with zero attached hydrogens (tertiary/aromatic N) is 1. The lowest BCUT2D eigenvalue weighted by Gasteiger charge is -2.31. The van der Waals surface area contributed by atoms with E-state index < -0.39 is 8.07 Å². The molecule has 1 rings (SSSR count). The minimum absolute atomic E-state index is 0.990. The van der Waals surface area contributed by atoms with Gasteiger partial charge in [0.25, 0.3) is 0 Å². The topological polar surface area (TPSA) is 3.24 Å². The fraction of sp³-hybridized carbons (Fsp3) is 0.909. The number of thiocarbonyl (C=S) groups is 1. The molecule has 0 aromatic carbocycles. The van der Waals surface area contributed by atoms with Crippen molar-refractivity contribution in [3.8, 4) is 0 Å². The summed E-state index contributed by atoms with van der Waals surface area (Å²) in [6, 6.07) is 1.37. The van der Waals surface area contributed by atoms with Crippen LogP contribution in [-0.2, 0) is 0 Å². The Labute approximate surface area is 94.9 Å². The van der Waals surface area contributed by atoms with Crippen LogP contribution >= 0.6 is 12.2 Å². The summed E-state index contributed by atoms with van der Waals surface area (Å²) in [4.78, 5) is 3.73. The highest BCUT2D eigenvalue weighted by molar-refractivity contribution is 7.80. The molecule has 0 unspecified atom stereocenters. The number of likely N-dealkylation sites (tertiary alicyclic amines) is 1. The van der Waals surface area contributed by atoms with Crippen molar-refractivity contribution in [3.63, 3.8) is 0 Å². The van der Waals surface area contributed by atoms with E-state index in [4.69, 9.17) is 12.2 Å². The fourth-order valence-corrected chi connectivity index (χ4v) is 3.85. The molecule has 0 bridgehead atoms. The first kappa shape index (κ1) is 12.2. The fourth-order valence-electron chi connectivity index (χ4n) is 1.83. The Balaban J connectivity index is 2.52. The van der Waals surface area contributed by atoms with Crippen LogP contribution < -0.4 is 0 Å². The quantitative estimate of drug-likeness (QED) is 0.539. The molecule has 0 radical (unpaired) electrons. The molecular formula is C11H23NSSi. The van der Waals surface area contributed by atoms with Crippen molar-refractivity contribution in [3.05, 3.63) is 0 Å². The third-order valence-electron chi connectivity index (χ3n) is 3.25. The summed E-state index contributed by atoms with van der Waals surface area (Å²) in [6.07, 6.45) is 6.45. The normalized spacial score (nSPS) is 19.6. The summed E-state index contributed by atoms with van der Waals surface area (Å²) in [5, 5.41) is 0. The maximum Gasteiger partial charge on any atom is 0.0776 e. The van der Waals surface area contributed by atoms with Crippen LogP contribution in [0.25, 0.3) is 0 Å². The number of hydrogen-bond donors (Lipinski definition) is 0. The molecule has 0 amide bonds. The summed E-state index contributed by atoms with van der Waals surface area (Å²) in [5.41, 5.74) is 0. The molecule has 0 spiro atoms. The van der Waals surface area contributed by atoms with E-state index in [1.807, 2.05) is 0 Å². The Kier molecular flexibility index (Phi) is 4.58. The van der Waals surface area contributed by atoms with Gasteiger partial charge in [-0.3, -0.25) is 0 Å². The van der Waals surface area contributed by atoms with Gasteiger partial charge >= 0.3 is 0 Å². The molecule has 1 aliphatic rings. The van der Waals surface area contributed by atoms with Gasteiger partial charge in [0, 0.05) is 12.7 Å². The summed E-state index contributed by atoms with van der Waals surface area (Å²) in [6.45, 7) is 8.49. The molecule has 3 heteroatoms. The van der Waals surface area contributed by atoms with Crippen molar-refractivity contribution in [2.24, 2.45) is 0 Å². The van der Waals surface area contributed by atoms with E-state index in [0.29, 0.717) is 0 Å². The highest BCUT2D eigenvalue weighted by Crippen LogP contribution is 2.17. The van der Waals surface area contributed by atoms with Crippen molar-refractivity contribution >= 4 is 25.3 Å². The highest BCUT2D eigenvalue weighted by atomic mass is 32.1. The van der Waals surface area contributed by atoms with Crippen LogP contribution in [0.4, 0.5) is 0 Å². The van der Waals surface area contributed by atoms with Crippen molar-refractivity contribution in [1.29, 1.82) is 0 Å². The van der Waals surface area contributed by atoms with Crippen LogP contribution in [0.1, 0.15) is 32.6 Å². The molecule has 0 aromatic heterocycles. The zero-order chi connectivity index (χ0) is 10.6. The van der Waals surface area contributed by atoms with Gasteiger partial charge in [0.05, 0.1) is 13.1 Å². The Morgan fingerprint density at radius 3 is 2.64 bits per heavy atom. The van der Waals surface area contributed by atoms with Crippen LogP contribution in [-0.4, -0.2) is 30.7 Å².